The summed E-state index contributed by atoms with van der Waals surface area (Å²) in [4.78, 5) is 31.0. The molecular formula is C60H122O12. The fraction of sp³-hybridized carbons (Fsp3) is 0.950. The maximum Gasteiger partial charge on any atom is 0.303 e. The van der Waals surface area contributed by atoms with E-state index in [9.17, 15) is 29.7 Å². The Morgan fingerprint density at radius 3 is 0.597 bits per heavy atom. The summed E-state index contributed by atoms with van der Waals surface area (Å²) < 4.78 is 0. The first-order valence-corrected chi connectivity index (χ1v) is 30.3. The molecule has 3 unspecified atom stereocenters. The lowest BCUT2D eigenvalue weighted by atomic mass is 9.88. The van der Waals surface area contributed by atoms with Gasteiger partial charge in [0, 0.05) is 24.7 Å². The van der Waals surface area contributed by atoms with Crippen LogP contribution in [0.5, 0.6) is 0 Å². The van der Waals surface area contributed by atoms with Crippen LogP contribution in [0.25, 0.3) is 0 Å². The third-order valence-electron chi connectivity index (χ3n) is 14.0. The summed E-state index contributed by atoms with van der Waals surface area (Å²) in [5, 5.41) is 81.1. The lowest BCUT2D eigenvalue weighted by Gasteiger charge is -2.24. The third kappa shape index (κ3) is 68.2. The second kappa shape index (κ2) is 63.5. The molecule has 0 saturated carbocycles. The van der Waals surface area contributed by atoms with Crippen molar-refractivity contribution in [2.45, 2.75) is 341 Å². The van der Waals surface area contributed by atoms with Crippen LogP contribution in [0, 0.1) is 5.41 Å². The van der Waals surface area contributed by atoms with E-state index in [-0.39, 0.29) is 38.1 Å². The molecular weight excluding hydrogens is 913 g/mol. The van der Waals surface area contributed by atoms with Gasteiger partial charge in [-0.3, -0.25) is 14.4 Å². The number of carbonyl (C=O) groups is 3. The molecule has 0 rings (SSSR count). The van der Waals surface area contributed by atoms with Gasteiger partial charge in [-0.1, -0.05) is 240 Å². The van der Waals surface area contributed by atoms with Gasteiger partial charge in [-0.05, 0) is 64.2 Å². The lowest BCUT2D eigenvalue weighted by molar-refractivity contribution is -0.138. The minimum atomic E-state index is -0.678. The van der Waals surface area contributed by atoms with E-state index in [1.165, 1.54) is 154 Å². The standard InChI is InChI=1S/3C18H36O3.C6H14O3/c3*1-2-3-4-11-14-17(19)15-12-9-7-5-6-8-10-13-16-18(20)21;1-2-6(3-7,4-8)5-9/h3*17,19H,2-16H2,1H3,(H,20,21);7-9H,2-5H2,1H3. The average molecular weight is 1040 g/mol. The largest absolute Gasteiger partial charge is 0.481 e. The van der Waals surface area contributed by atoms with Crippen molar-refractivity contribution in [3.8, 4) is 0 Å². The van der Waals surface area contributed by atoms with E-state index in [0.29, 0.717) is 25.7 Å². The quantitative estimate of drug-likeness (QED) is 0.0259. The van der Waals surface area contributed by atoms with Gasteiger partial charge in [0.15, 0.2) is 0 Å². The molecule has 0 aromatic rings. The van der Waals surface area contributed by atoms with Crippen molar-refractivity contribution in [3.63, 3.8) is 0 Å². The number of carboxylic acids is 3. The van der Waals surface area contributed by atoms with Gasteiger partial charge in [0.25, 0.3) is 0 Å². The molecule has 0 aliphatic heterocycles. The highest BCUT2D eigenvalue weighted by Crippen LogP contribution is 2.19. The topological polar surface area (TPSA) is 233 Å². The molecule has 0 aromatic heterocycles. The lowest BCUT2D eigenvalue weighted by Crippen LogP contribution is -2.32. The van der Waals surface area contributed by atoms with E-state index in [2.05, 4.69) is 20.8 Å². The second-order valence-corrected chi connectivity index (χ2v) is 21.1. The third-order valence-corrected chi connectivity index (χ3v) is 14.0. The van der Waals surface area contributed by atoms with Gasteiger partial charge in [0.2, 0.25) is 0 Å². The number of hydrogen-bond acceptors (Lipinski definition) is 9. The molecule has 0 bridgehead atoms. The first-order valence-electron chi connectivity index (χ1n) is 30.3. The minimum absolute atomic E-state index is 0.0853. The van der Waals surface area contributed by atoms with Crippen molar-refractivity contribution in [3.05, 3.63) is 0 Å². The van der Waals surface area contributed by atoms with E-state index in [1.807, 2.05) is 6.92 Å². The van der Waals surface area contributed by atoms with Crippen molar-refractivity contribution >= 4 is 17.9 Å². The Hall–Kier alpha value is -1.83. The van der Waals surface area contributed by atoms with Crippen molar-refractivity contribution < 1.29 is 60.3 Å². The normalized spacial score (nSPS) is 12.4. The summed E-state index contributed by atoms with van der Waals surface area (Å²) in [6, 6.07) is 0. The van der Waals surface area contributed by atoms with Gasteiger partial charge in [-0.15, -0.1) is 0 Å². The van der Waals surface area contributed by atoms with Crippen molar-refractivity contribution in [2.24, 2.45) is 5.41 Å². The molecule has 9 N–H and O–H groups in total. The predicted octanol–water partition coefficient (Wildman–Crippen LogP) is 15.3. The van der Waals surface area contributed by atoms with Crippen LogP contribution in [0.1, 0.15) is 323 Å². The Morgan fingerprint density at radius 2 is 0.458 bits per heavy atom. The minimum Gasteiger partial charge on any atom is -0.481 e. The highest BCUT2D eigenvalue weighted by molar-refractivity contribution is 5.67. The molecule has 0 saturated heterocycles. The molecule has 72 heavy (non-hydrogen) atoms. The summed E-state index contributed by atoms with van der Waals surface area (Å²) in [6.45, 7) is 7.99. The molecule has 0 aliphatic carbocycles. The van der Waals surface area contributed by atoms with Crippen LogP contribution in [0.2, 0.25) is 0 Å². The van der Waals surface area contributed by atoms with E-state index in [4.69, 9.17) is 30.6 Å². The highest BCUT2D eigenvalue weighted by atomic mass is 16.4. The molecule has 0 fully saturated rings. The first-order chi connectivity index (χ1) is 34.7. The Kier molecular flexibility index (Phi) is 67.6. The summed E-state index contributed by atoms with van der Waals surface area (Å²) in [5.41, 5.74) is -0.667. The number of unbranched alkanes of at least 4 members (excludes halogenated alkanes) is 30. The fourth-order valence-electron chi connectivity index (χ4n) is 8.49. The van der Waals surface area contributed by atoms with Gasteiger partial charge in [0.05, 0.1) is 38.1 Å². The molecule has 0 heterocycles. The molecule has 0 aromatic carbocycles. The van der Waals surface area contributed by atoms with Crippen LogP contribution < -0.4 is 0 Å². The zero-order valence-corrected chi connectivity index (χ0v) is 47.6. The molecule has 12 nitrogen and oxygen atoms in total. The number of aliphatic hydroxyl groups is 6. The number of rotatable bonds is 52. The van der Waals surface area contributed by atoms with Crippen LogP contribution in [0.15, 0.2) is 0 Å². The van der Waals surface area contributed by atoms with Crippen molar-refractivity contribution in [1.29, 1.82) is 0 Å². The number of aliphatic hydroxyl groups excluding tert-OH is 6. The van der Waals surface area contributed by atoms with Crippen molar-refractivity contribution in [2.75, 3.05) is 19.8 Å². The van der Waals surface area contributed by atoms with Gasteiger partial charge in [0.1, 0.15) is 0 Å². The van der Waals surface area contributed by atoms with E-state index < -0.39 is 23.3 Å². The molecule has 434 valence electrons. The maximum atomic E-state index is 10.3. The van der Waals surface area contributed by atoms with Gasteiger partial charge < -0.3 is 46.0 Å². The van der Waals surface area contributed by atoms with Crippen LogP contribution in [-0.2, 0) is 14.4 Å². The van der Waals surface area contributed by atoms with Gasteiger partial charge >= 0.3 is 17.9 Å². The fourth-order valence-corrected chi connectivity index (χ4v) is 8.49. The zero-order valence-electron chi connectivity index (χ0n) is 47.6. The van der Waals surface area contributed by atoms with Gasteiger partial charge in [-0.2, -0.15) is 0 Å². The summed E-state index contributed by atoms with van der Waals surface area (Å²) in [5.74, 6) is -2.03. The Labute approximate surface area is 443 Å². The van der Waals surface area contributed by atoms with Crippen LogP contribution >= 0.6 is 0 Å². The smallest absolute Gasteiger partial charge is 0.303 e. The summed E-state index contributed by atoms with van der Waals surface area (Å²) in [6.07, 6.45) is 49.4. The van der Waals surface area contributed by atoms with E-state index in [0.717, 1.165) is 116 Å². The average Bonchev–Trinajstić information content (AvgIpc) is 3.36. The van der Waals surface area contributed by atoms with Crippen LogP contribution in [0.3, 0.4) is 0 Å². The number of aliphatic carboxylic acids is 3. The Bertz CT molecular complexity index is 940. The molecule has 0 amide bonds. The Balaban J connectivity index is -0.000000443. The molecule has 3 atom stereocenters. The zero-order chi connectivity index (χ0) is 54.6. The van der Waals surface area contributed by atoms with Crippen molar-refractivity contribution in [1.82, 2.24) is 0 Å². The first kappa shape index (κ1) is 76.7. The monoisotopic (exact) mass is 1030 g/mol. The Morgan fingerprint density at radius 1 is 0.292 bits per heavy atom. The number of hydrogen-bond donors (Lipinski definition) is 9. The van der Waals surface area contributed by atoms with Gasteiger partial charge in [-0.25, -0.2) is 0 Å². The molecule has 0 aliphatic rings. The summed E-state index contributed by atoms with van der Waals surface area (Å²) >= 11 is 0. The summed E-state index contributed by atoms with van der Waals surface area (Å²) in [7, 11) is 0. The molecule has 12 heteroatoms. The van der Waals surface area contributed by atoms with E-state index in [1.54, 1.807) is 0 Å². The number of carboxylic acid groups (broad SMARTS) is 3. The van der Waals surface area contributed by atoms with E-state index >= 15 is 0 Å². The second-order valence-electron chi connectivity index (χ2n) is 21.1. The molecule has 0 radical (unpaired) electrons. The predicted molar refractivity (Wildman–Crippen MR) is 300 cm³/mol. The van der Waals surface area contributed by atoms with Crippen LogP contribution in [0.4, 0.5) is 0 Å². The SMILES string of the molecule is CCC(CO)(CO)CO.CCCCCCC(O)CCCCCCCCCCC(=O)O.CCCCCCC(O)CCCCCCCCCCC(=O)O.CCCCCCC(O)CCCCCCCCCCC(=O)O. The highest BCUT2D eigenvalue weighted by Gasteiger charge is 2.25. The van der Waals surface area contributed by atoms with Crippen LogP contribution in [-0.4, -0.2) is 102 Å². The maximum absolute atomic E-state index is 10.3. The molecule has 0 spiro atoms.